The first-order valence-electron chi connectivity index (χ1n) is 9.36. The predicted octanol–water partition coefficient (Wildman–Crippen LogP) is 2.18. The number of aromatic nitrogens is 2. The molecule has 0 radical (unpaired) electrons. The number of H-pyrrole nitrogens is 1. The van der Waals surface area contributed by atoms with Crippen LogP contribution in [0.1, 0.15) is 18.9 Å². The van der Waals surface area contributed by atoms with Crippen LogP contribution in [0.3, 0.4) is 0 Å². The van der Waals surface area contributed by atoms with E-state index in [9.17, 15) is 19.5 Å². The van der Waals surface area contributed by atoms with Gasteiger partial charge in [0, 0.05) is 5.69 Å². The Labute approximate surface area is 176 Å². The van der Waals surface area contributed by atoms with E-state index in [1.165, 1.54) is 7.11 Å². The minimum Gasteiger partial charge on any atom is -0.497 e. The van der Waals surface area contributed by atoms with Crippen molar-refractivity contribution in [2.75, 3.05) is 12.4 Å². The van der Waals surface area contributed by atoms with Crippen LogP contribution in [0.5, 0.6) is 11.6 Å². The lowest BCUT2D eigenvalue weighted by molar-refractivity contribution is 0.252. The molecule has 10 heteroatoms. The number of aromatic amines is 1. The smallest absolute Gasteiger partial charge is 0.339 e. The molecule has 0 aliphatic carbocycles. The number of para-hydroxylation sites is 1. The molecule has 0 saturated carbocycles. The zero-order chi connectivity index (χ0) is 22.4. The molecule has 0 bridgehead atoms. The average molecular weight is 423 g/mol. The number of anilines is 1. The van der Waals surface area contributed by atoms with Gasteiger partial charge in [0.1, 0.15) is 11.3 Å². The molecule has 0 fully saturated rings. The van der Waals surface area contributed by atoms with Crippen LogP contribution in [0, 0.1) is 0 Å². The third kappa shape index (κ3) is 4.81. The van der Waals surface area contributed by atoms with Crippen molar-refractivity contribution in [3.05, 3.63) is 81.0 Å². The number of ether oxygens (including phenoxy) is 1. The molecule has 160 valence electrons. The van der Waals surface area contributed by atoms with Gasteiger partial charge in [-0.1, -0.05) is 25.1 Å². The van der Waals surface area contributed by atoms with Gasteiger partial charge in [-0.25, -0.2) is 19.6 Å². The molecule has 0 aliphatic heterocycles. The largest absolute Gasteiger partial charge is 0.497 e. The minimum atomic E-state index is -0.821. The standard InChI is InChI=1S/C21H21N5O5/c1-3-16(24-25-20(29)22-13-7-5-4-6-8-13)17-18(27)23-21(30)26(19(17)28)14-9-11-15(31-2)12-10-14/h4-12,28H,3H2,1-2H3,(H2,22,25,29)(H,23,27,30). The van der Waals surface area contributed by atoms with E-state index in [1.54, 1.807) is 55.5 Å². The van der Waals surface area contributed by atoms with Crippen LogP contribution < -0.4 is 26.7 Å². The van der Waals surface area contributed by atoms with Crippen molar-refractivity contribution in [2.24, 2.45) is 5.10 Å². The second-order valence-corrected chi connectivity index (χ2v) is 6.34. The molecule has 3 rings (SSSR count). The first-order chi connectivity index (χ1) is 14.9. The molecule has 0 aliphatic rings. The van der Waals surface area contributed by atoms with Gasteiger partial charge in [0.05, 0.1) is 18.5 Å². The Morgan fingerprint density at radius 3 is 2.42 bits per heavy atom. The van der Waals surface area contributed by atoms with Crippen molar-refractivity contribution in [3.63, 3.8) is 0 Å². The maximum absolute atomic E-state index is 12.4. The Bertz CT molecular complexity index is 1210. The van der Waals surface area contributed by atoms with E-state index < -0.39 is 23.2 Å². The molecular formula is C21H21N5O5. The third-order valence-electron chi connectivity index (χ3n) is 4.36. The Morgan fingerprint density at radius 1 is 1.13 bits per heavy atom. The van der Waals surface area contributed by atoms with Crippen LogP contribution >= 0.6 is 0 Å². The number of aromatic hydroxyl groups is 1. The molecule has 0 unspecified atom stereocenters. The summed E-state index contributed by atoms with van der Waals surface area (Å²) in [4.78, 5) is 39.0. The van der Waals surface area contributed by atoms with E-state index in [4.69, 9.17) is 4.74 Å². The van der Waals surface area contributed by atoms with Crippen LogP contribution in [0.4, 0.5) is 10.5 Å². The number of carbonyl (C=O) groups is 1. The van der Waals surface area contributed by atoms with Gasteiger partial charge in [-0.15, -0.1) is 0 Å². The van der Waals surface area contributed by atoms with Crippen molar-refractivity contribution in [1.29, 1.82) is 0 Å². The minimum absolute atomic E-state index is 0.0872. The lowest BCUT2D eigenvalue weighted by Crippen LogP contribution is -2.34. The maximum atomic E-state index is 12.4. The number of nitrogens with one attached hydrogen (secondary N) is 3. The first kappa shape index (κ1) is 21.4. The lowest BCUT2D eigenvalue weighted by Gasteiger charge is -2.13. The zero-order valence-corrected chi connectivity index (χ0v) is 16.9. The van der Waals surface area contributed by atoms with Gasteiger partial charge in [-0.2, -0.15) is 5.10 Å². The van der Waals surface area contributed by atoms with Crippen LogP contribution in [0.15, 0.2) is 69.3 Å². The van der Waals surface area contributed by atoms with Crippen LogP contribution in [-0.2, 0) is 0 Å². The molecule has 2 amide bonds. The molecule has 3 aromatic rings. The van der Waals surface area contributed by atoms with E-state index in [0.29, 0.717) is 17.1 Å². The highest BCUT2D eigenvalue weighted by Gasteiger charge is 2.20. The summed E-state index contributed by atoms with van der Waals surface area (Å²) in [5.41, 5.74) is 1.39. The number of urea groups is 1. The maximum Gasteiger partial charge on any atom is 0.339 e. The van der Waals surface area contributed by atoms with Crippen LogP contribution in [-0.4, -0.2) is 33.5 Å². The SMILES string of the molecule is CCC(=NNC(=O)Nc1ccccc1)c1c(O)n(-c2ccc(OC)cc2)c(=O)[nH]c1=O. The van der Waals surface area contributed by atoms with Gasteiger partial charge < -0.3 is 15.2 Å². The van der Waals surface area contributed by atoms with Crippen molar-refractivity contribution in [1.82, 2.24) is 15.0 Å². The van der Waals surface area contributed by atoms with E-state index in [0.717, 1.165) is 4.57 Å². The molecule has 10 nitrogen and oxygen atoms in total. The number of benzene rings is 2. The highest BCUT2D eigenvalue weighted by Crippen LogP contribution is 2.20. The van der Waals surface area contributed by atoms with Crippen LogP contribution in [0.25, 0.3) is 5.69 Å². The zero-order valence-electron chi connectivity index (χ0n) is 16.9. The molecule has 0 atom stereocenters. The summed E-state index contributed by atoms with van der Waals surface area (Å²) >= 11 is 0. The second-order valence-electron chi connectivity index (χ2n) is 6.34. The Kier molecular flexibility index (Phi) is 6.51. The summed E-state index contributed by atoms with van der Waals surface area (Å²) in [6.45, 7) is 1.69. The van der Waals surface area contributed by atoms with E-state index in [2.05, 4.69) is 20.8 Å². The van der Waals surface area contributed by atoms with E-state index in [1.807, 2.05) is 6.07 Å². The molecular weight excluding hydrogens is 402 g/mol. The Morgan fingerprint density at radius 2 is 1.81 bits per heavy atom. The topological polar surface area (TPSA) is 138 Å². The molecule has 1 aromatic heterocycles. The highest BCUT2D eigenvalue weighted by atomic mass is 16.5. The predicted molar refractivity (Wildman–Crippen MR) is 116 cm³/mol. The summed E-state index contributed by atoms with van der Waals surface area (Å²) in [6.07, 6.45) is 0.197. The molecule has 2 aromatic carbocycles. The molecule has 1 heterocycles. The normalized spacial score (nSPS) is 11.1. The summed E-state index contributed by atoms with van der Waals surface area (Å²) in [5.74, 6) is -0.0323. The van der Waals surface area contributed by atoms with E-state index in [-0.39, 0.29) is 17.7 Å². The quantitative estimate of drug-likeness (QED) is 0.356. The van der Waals surface area contributed by atoms with Gasteiger partial charge in [-0.05, 0) is 42.8 Å². The first-order valence-corrected chi connectivity index (χ1v) is 9.36. The number of carbonyl (C=O) groups excluding carboxylic acids is 1. The van der Waals surface area contributed by atoms with Crippen molar-refractivity contribution < 1.29 is 14.6 Å². The third-order valence-corrected chi connectivity index (χ3v) is 4.36. The number of methoxy groups -OCH3 is 1. The summed E-state index contributed by atoms with van der Waals surface area (Å²) in [7, 11) is 1.50. The Hall–Kier alpha value is -4.34. The lowest BCUT2D eigenvalue weighted by atomic mass is 10.1. The fraction of sp³-hybridized carbons (Fsp3) is 0.143. The number of nitrogens with zero attached hydrogens (tertiary/aromatic N) is 2. The summed E-state index contributed by atoms with van der Waals surface area (Å²) in [5, 5.41) is 17.3. The van der Waals surface area contributed by atoms with E-state index >= 15 is 0 Å². The Balaban J connectivity index is 1.95. The fourth-order valence-corrected chi connectivity index (χ4v) is 2.87. The summed E-state index contributed by atoms with van der Waals surface area (Å²) in [6, 6.07) is 14.4. The van der Waals surface area contributed by atoms with Crippen molar-refractivity contribution in [3.8, 4) is 17.3 Å². The molecule has 31 heavy (non-hydrogen) atoms. The summed E-state index contributed by atoms with van der Waals surface area (Å²) < 4.78 is 6.02. The molecule has 0 spiro atoms. The molecule has 0 saturated heterocycles. The number of hydrazone groups is 1. The number of hydrogen-bond donors (Lipinski definition) is 4. The fourth-order valence-electron chi connectivity index (χ4n) is 2.87. The van der Waals surface area contributed by atoms with Gasteiger partial charge >= 0.3 is 11.7 Å². The highest BCUT2D eigenvalue weighted by molar-refractivity contribution is 6.02. The van der Waals surface area contributed by atoms with Gasteiger partial charge in [0.15, 0.2) is 0 Å². The number of amides is 2. The van der Waals surface area contributed by atoms with Crippen molar-refractivity contribution >= 4 is 17.4 Å². The number of hydrogen-bond acceptors (Lipinski definition) is 6. The van der Waals surface area contributed by atoms with Crippen molar-refractivity contribution in [2.45, 2.75) is 13.3 Å². The van der Waals surface area contributed by atoms with Crippen LogP contribution in [0.2, 0.25) is 0 Å². The monoisotopic (exact) mass is 423 g/mol. The van der Waals surface area contributed by atoms with Gasteiger partial charge in [-0.3, -0.25) is 9.78 Å². The van der Waals surface area contributed by atoms with Gasteiger partial charge in [0.25, 0.3) is 5.56 Å². The second kappa shape index (κ2) is 9.44. The number of rotatable bonds is 6. The molecule has 4 N–H and O–H groups in total. The average Bonchev–Trinajstić information content (AvgIpc) is 2.76. The van der Waals surface area contributed by atoms with Gasteiger partial charge in [0.2, 0.25) is 5.88 Å².